The van der Waals surface area contributed by atoms with Gasteiger partial charge in [0.15, 0.2) is 0 Å². The molecule has 12 heteroatoms. The molecule has 0 saturated heterocycles. The van der Waals surface area contributed by atoms with Crippen LogP contribution in [0.1, 0.15) is 35.5 Å². The van der Waals surface area contributed by atoms with E-state index in [0.29, 0.717) is 27.8 Å². The van der Waals surface area contributed by atoms with E-state index < -0.39 is 33.5 Å². The Morgan fingerprint density at radius 2 is 1.62 bits per heavy atom. The number of aromatic amines is 1. The zero-order valence-corrected chi connectivity index (χ0v) is 22.3. The molecule has 1 aromatic heterocycles. The number of benzene rings is 3. The molecule has 0 bridgehead atoms. The first kappa shape index (κ1) is 27.8. The second kappa shape index (κ2) is 10.2. The molecule has 0 fully saturated rings. The fourth-order valence-electron chi connectivity index (χ4n) is 4.12. The minimum Gasteiger partial charge on any atom is -0.497 e. The molecule has 1 amide bonds. The summed E-state index contributed by atoms with van der Waals surface area (Å²) in [6, 6.07) is 17.6. The van der Waals surface area contributed by atoms with Gasteiger partial charge in [0.1, 0.15) is 17.2 Å². The number of carbonyl (C=O) groups excluding carboxylic acids is 1. The number of rotatable bonds is 8. The summed E-state index contributed by atoms with van der Waals surface area (Å²) in [7, 11) is -2.10. The molecule has 0 unspecified atom stereocenters. The Kier molecular flexibility index (Phi) is 7.26. The molecule has 4 rings (SSSR count). The highest BCUT2D eigenvalue weighted by atomic mass is 32.2. The number of nitrogens with one attached hydrogen (secondary N) is 3. The van der Waals surface area contributed by atoms with E-state index in [1.54, 1.807) is 54.6 Å². The van der Waals surface area contributed by atoms with Crippen molar-refractivity contribution in [3.05, 3.63) is 83.6 Å². The lowest BCUT2D eigenvalue weighted by atomic mass is 9.78. The Morgan fingerprint density at radius 3 is 2.28 bits per heavy atom. The third-order valence-corrected chi connectivity index (χ3v) is 6.69. The SMILES string of the molecule is COc1cc(OC(F)(F)F)cc(C(C)(C)c2cccc(NC(=O)c3cc4ccc(NS(C)(=O)=O)cc4[nH]3)c2)c1. The van der Waals surface area contributed by atoms with Gasteiger partial charge in [0.25, 0.3) is 5.91 Å². The van der Waals surface area contributed by atoms with Gasteiger partial charge in [-0.25, -0.2) is 8.42 Å². The molecule has 206 valence electrons. The first-order valence-corrected chi connectivity index (χ1v) is 13.5. The Labute approximate surface area is 223 Å². The number of hydrogen-bond donors (Lipinski definition) is 3. The maximum Gasteiger partial charge on any atom is 0.573 e. The van der Waals surface area contributed by atoms with Crippen LogP contribution in [0.2, 0.25) is 0 Å². The Morgan fingerprint density at radius 1 is 0.897 bits per heavy atom. The Hall–Kier alpha value is -4.19. The van der Waals surface area contributed by atoms with Crippen LogP contribution >= 0.6 is 0 Å². The van der Waals surface area contributed by atoms with Gasteiger partial charge in [-0.3, -0.25) is 9.52 Å². The summed E-state index contributed by atoms with van der Waals surface area (Å²) in [6.07, 6.45) is -3.81. The van der Waals surface area contributed by atoms with Crippen LogP contribution in [0.4, 0.5) is 24.5 Å². The summed E-state index contributed by atoms with van der Waals surface area (Å²) < 4.78 is 73.3. The van der Waals surface area contributed by atoms with Gasteiger partial charge in [0.2, 0.25) is 10.0 Å². The minimum atomic E-state index is -4.85. The smallest absolute Gasteiger partial charge is 0.497 e. The van der Waals surface area contributed by atoms with Crippen LogP contribution in [0.5, 0.6) is 11.5 Å². The van der Waals surface area contributed by atoms with Gasteiger partial charge in [-0.15, -0.1) is 13.2 Å². The van der Waals surface area contributed by atoms with Gasteiger partial charge in [-0.1, -0.05) is 32.0 Å². The highest BCUT2D eigenvalue weighted by molar-refractivity contribution is 7.92. The van der Waals surface area contributed by atoms with Gasteiger partial charge < -0.3 is 19.8 Å². The fraction of sp³-hybridized carbons (Fsp3) is 0.222. The van der Waals surface area contributed by atoms with E-state index >= 15 is 0 Å². The van der Waals surface area contributed by atoms with Crippen molar-refractivity contribution in [2.45, 2.75) is 25.6 Å². The molecular formula is C27H26F3N3O5S. The first-order valence-electron chi connectivity index (χ1n) is 11.6. The van der Waals surface area contributed by atoms with E-state index in [0.717, 1.165) is 17.9 Å². The molecule has 39 heavy (non-hydrogen) atoms. The molecule has 8 nitrogen and oxygen atoms in total. The first-order chi connectivity index (χ1) is 18.1. The number of alkyl halides is 3. The zero-order valence-electron chi connectivity index (χ0n) is 21.4. The predicted molar refractivity (Wildman–Crippen MR) is 143 cm³/mol. The van der Waals surface area contributed by atoms with E-state index in [4.69, 9.17) is 4.74 Å². The molecule has 0 aliphatic heterocycles. The number of amides is 1. The van der Waals surface area contributed by atoms with Gasteiger partial charge in [-0.2, -0.15) is 0 Å². The quantitative estimate of drug-likeness (QED) is 0.244. The molecule has 4 aromatic rings. The summed E-state index contributed by atoms with van der Waals surface area (Å²) in [5.74, 6) is -0.623. The molecule has 3 aromatic carbocycles. The van der Waals surface area contributed by atoms with Crippen molar-refractivity contribution >= 4 is 38.2 Å². The number of ether oxygens (including phenoxy) is 2. The molecule has 0 saturated carbocycles. The van der Waals surface area contributed by atoms with Crippen molar-refractivity contribution in [1.29, 1.82) is 0 Å². The number of anilines is 2. The maximum atomic E-state index is 13.0. The van der Waals surface area contributed by atoms with Crippen molar-refractivity contribution < 1.29 is 35.9 Å². The molecule has 0 spiro atoms. The number of fused-ring (bicyclic) bond motifs is 1. The lowest BCUT2D eigenvalue weighted by molar-refractivity contribution is -0.274. The van der Waals surface area contributed by atoms with E-state index in [1.165, 1.54) is 13.2 Å². The zero-order chi connectivity index (χ0) is 28.6. The third kappa shape index (κ3) is 6.82. The van der Waals surface area contributed by atoms with Gasteiger partial charge >= 0.3 is 6.36 Å². The number of carbonyl (C=O) groups is 1. The van der Waals surface area contributed by atoms with Crippen LogP contribution in [-0.4, -0.2) is 39.0 Å². The van der Waals surface area contributed by atoms with E-state index in [-0.39, 0.29) is 11.4 Å². The van der Waals surface area contributed by atoms with Gasteiger partial charge in [0, 0.05) is 28.1 Å². The molecule has 0 radical (unpaired) electrons. The monoisotopic (exact) mass is 561 g/mol. The second-order valence-electron chi connectivity index (χ2n) is 9.46. The highest BCUT2D eigenvalue weighted by Crippen LogP contribution is 2.38. The number of methoxy groups -OCH3 is 1. The van der Waals surface area contributed by atoms with Crippen molar-refractivity contribution in [2.75, 3.05) is 23.4 Å². The molecule has 1 heterocycles. The van der Waals surface area contributed by atoms with Crippen LogP contribution in [0.25, 0.3) is 10.9 Å². The molecule has 3 N–H and O–H groups in total. The summed E-state index contributed by atoms with van der Waals surface area (Å²) in [4.78, 5) is 16.0. The minimum absolute atomic E-state index is 0.206. The van der Waals surface area contributed by atoms with Crippen LogP contribution in [-0.2, 0) is 15.4 Å². The number of aromatic nitrogens is 1. The Balaban J connectivity index is 1.59. The summed E-state index contributed by atoms with van der Waals surface area (Å²) in [6.45, 7) is 3.67. The lowest BCUT2D eigenvalue weighted by Gasteiger charge is -2.27. The number of halogens is 3. The summed E-state index contributed by atoms with van der Waals surface area (Å²) >= 11 is 0. The number of sulfonamides is 1. The molecule has 0 aliphatic carbocycles. The largest absolute Gasteiger partial charge is 0.573 e. The normalized spacial score (nSPS) is 12.3. The number of hydrogen-bond acceptors (Lipinski definition) is 5. The third-order valence-electron chi connectivity index (χ3n) is 6.08. The fourth-order valence-corrected chi connectivity index (χ4v) is 4.68. The summed E-state index contributed by atoms with van der Waals surface area (Å²) in [5, 5.41) is 3.53. The second-order valence-corrected chi connectivity index (χ2v) is 11.2. The highest BCUT2D eigenvalue weighted by Gasteiger charge is 2.32. The molecular weight excluding hydrogens is 535 g/mol. The lowest BCUT2D eigenvalue weighted by Crippen LogP contribution is -2.21. The van der Waals surface area contributed by atoms with Gasteiger partial charge in [0.05, 0.1) is 19.1 Å². The van der Waals surface area contributed by atoms with Gasteiger partial charge in [-0.05, 0) is 53.6 Å². The van der Waals surface area contributed by atoms with E-state index in [9.17, 15) is 26.4 Å². The van der Waals surface area contributed by atoms with Crippen LogP contribution in [0, 0.1) is 0 Å². The standard InChI is InChI=1S/C27H26F3N3O5S/c1-26(2,18-12-21(37-3)15-22(13-18)38-27(28,29)30)17-6-5-7-19(11-17)31-25(34)24-10-16-8-9-20(14-23(16)32-24)33-39(4,35)36/h5-15,32-33H,1-4H3,(H,31,34). The topological polar surface area (TPSA) is 110 Å². The van der Waals surface area contributed by atoms with Crippen molar-refractivity contribution in [3.8, 4) is 11.5 Å². The Bertz CT molecular complexity index is 1650. The summed E-state index contributed by atoms with van der Waals surface area (Å²) in [5.41, 5.74) is 2.10. The number of H-pyrrole nitrogens is 1. The maximum absolute atomic E-state index is 13.0. The predicted octanol–water partition coefficient (Wildman–Crippen LogP) is 6.02. The van der Waals surface area contributed by atoms with E-state index in [1.807, 2.05) is 13.8 Å². The van der Waals surface area contributed by atoms with Crippen molar-refractivity contribution in [3.63, 3.8) is 0 Å². The average molecular weight is 562 g/mol. The van der Waals surface area contributed by atoms with Crippen molar-refractivity contribution in [1.82, 2.24) is 4.98 Å². The average Bonchev–Trinajstić information content (AvgIpc) is 3.25. The van der Waals surface area contributed by atoms with Crippen LogP contribution in [0.15, 0.2) is 66.7 Å². The molecule has 0 atom stereocenters. The van der Waals surface area contributed by atoms with Crippen LogP contribution in [0.3, 0.4) is 0 Å². The molecule has 0 aliphatic rings. The van der Waals surface area contributed by atoms with Crippen molar-refractivity contribution in [2.24, 2.45) is 0 Å². The van der Waals surface area contributed by atoms with Crippen LogP contribution < -0.4 is 19.5 Å². The van der Waals surface area contributed by atoms with E-state index in [2.05, 4.69) is 19.8 Å².